The highest BCUT2D eigenvalue weighted by Gasteiger charge is 2.33. The fourth-order valence-corrected chi connectivity index (χ4v) is 2.82. The summed E-state index contributed by atoms with van der Waals surface area (Å²) < 4.78 is 11.1. The molecule has 1 N–H and O–H groups in total. The Kier molecular flexibility index (Phi) is 7.72. The Bertz CT molecular complexity index is 912. The number of rotatable bonds is 8. The van der Waals surface area contributed by atoms with Crippen LogP contribution in [0.2, 0.25) is 5.02 Å². The normalized spacial score (nSPS) is 11.6. The minimum absolute atomic E-state index is 0.0803. The quantitative estimate of drug-likeness (QED) is 0.650. The van der Waals surface area contributed by atoms with Gasteiger partial charge in [-0.05, 0) is 44.9 Å². The van der Waals surface area contributed by atoms with Gasteiger partial charge in [0.2, 0.25) is 11.6 Å². The van der Waals surface area contributed by atoms with Crippen molar-refractivity contribution in [1.82, 2.24) is 15.0 Å². The SMILES string of the molecule is CCOC(=O)c1nnn(C(CC)C(=O)Nc2cc(Cl)ccc2C)c1C(=O)OCC. The number of ether oxygens (including phenoxy) is 2. The predicted molar refractivity (Wildman–Crippen MR) is 106 cm³/mol. The van der Waals surface area contributed by atoms with Crippen LogP contribution in [-0.2, 0) is 14.3 Å². The van der Waals surface area contributed by atoms with Gasteiger partial charge in [0, 0.05) is 10.7 Å². The molecular weight excluding hydrogens is 400 g/mol. The van der Waals surface area contributed by atoms with E-state index in [1.54, 1.807) is 39.0 Å². The number of aromatic nitrogens is 3. The fraction of sp³-hybridized carbons (Fsp3) is 0.421. The van der Waals surface area contributed by atoms with Crippen molar-refractivity contribution in [3.05, 3.63) is 40.2 Å². The van der Waals surface area contributed by atoms with Crippen LogP contribution in [0.15, 0.2) is 18.2 Å². The number of benzene rings is 1. The molecule has 0 aliphatic rings. The maximum absolute atomic E-state index is 12.9. The second-order valence-electron chi connectivity index (χ2n) is 6.04. The van der Waals surface area contributed by atoms with Crippen molar-refractivity contribution in [1.29, 1.82) is 0 Å². The van der Waals surface area contributed by atoms with E-state index in [-0.39, 0.29) is 31.0 Å². The van der Waals surface area contributed by atoms with Crippen LogP contribution in [0, 0.1) is 6.92 Å². The largest absolute Gasteiger partial charge is 0.461 e. The van der Waals surface area contributed by atoms with Gasteiger partial charge in [0.25, 0.3) is 0 Å². The summed E-state index contributed by atoms with van der Waals surface area (Å²) in [7, 11) is 0. The number of nitrogens with zero attached hydrogens (tertiary/aromatic N) is 3. The topological polar surface area (TPSA) is 112 Å². The van der Waals surface area contributed by atoms with E-state index >= 15 is 0 Å². The summed E-state index contributed by atoms with van der Waals surface area (Å²) in [4.78, 5) is 37.6. The van der Waals surface area contributed by atoms with Gasteiger partial charge in [-0.3, -0.25) is 4.79 Å². The molecule has 0 bridgehead atoms. The lowest BCUT2D eigenvalue weighted by molar-refractivity contribution is -0.119. The van der Waals surface area contributed by atoms with Crippen LogP contribution in [0.25, 0.3) is 0 Å². The van der Waals surface area contributed by atoms with Crippen LogP contribution in [0.5, 0.6) is 0 Å². The van der Waals surface area contributed by atoms with Crippen molar-refractivity contribution in [2.75, 3.05) is 18.5 Å². The number of anilines is 1. The van der Waals surface area contributed by atoms with Crippen LogP contribution in [0.4, 0.5) is 5.69 Å². The summed E-state index contributed by atoms with van der Waals surface area (Å²) in [5.41, 5.74) is 0.823. The molecule has 0 fully saturated rings. The molecule has 1 aromatic heterocycles. The minimum atomic E-state index is -0.913. The Morgan fingerprint density at radius 3 is 2.41 bits per heavy atom. The molecule has 0 saturated heterocycles. The number of hydrogen-bond acceptors (Lipinski definition) is 7. The van der Waals surface area contributed by atoms with Crippen molar-refractivity contribution >= 4 is 35.1 Å². The number of halogens is 1. The first-order valence-electron chi connectivity index (χ1n) is 9.20. The van der Waals surface area contributed by atoms with Crippen LogP contribution < -0.4 is 5.32 Å². The zero-order valence-electron chi connectivity index (χ0n) is 16.7. The average Bonchev–Trinajstić information content (AvgIpc) is 3.10. The Morgan fingerprint density at radius 1 is 1.14 bits per heavy atom. The number of carbonyl (C=O) groups excluding carboxylic acids is 3. The van der Waals surface area contributed by atoms with Gasteiger partial charge in [-0.1, -0.05) is 29.8 Å². The van der Waals surface area contributed by atoms with Crippen molar-refractivity contribution in [3.63, 3.8) is 0 Å². The standard InChI is InChI=1S/C19H23ClN4O5/c1-5-14(17(25)21-13-10-12(20)9-8-11(13)4)24-16(19(27)29-7-3)15(22-23-24)18(26)28-6-2/h8-10,14H,5-7H2,1-4H3,(H,21,25). The van der Waals surface area contributed by atoms with Gasteiger partial charge in [0.15, 0.2) is 5.69 Å². The Morgan fingerprint density at radius 2 is 1.79 bits per heavy atom. The fourth-order valence-electron chi connectivity index (χ4n) is 2.65. The van der Waals surface area contributed by atoms with Gasteiger partial charge in [-0.15, -0.1) is 5.10 Å². The monoisotopic (exact) mass is 422 g/mol. The smallest absolute Gasteiger partial charge is 0.361 e. The molecule has 156 valence electrons. The molecule has 2 rings (SSSR count). The Labute approximate surface area is 173 Å². The van der Waals surface area contributed by atoms with E-state index in [2.05, 4.69) is 15.6 Å². The van der Waals surface area contributed by atoms with E-state index < -0.39 is 23.9 Å². The molecule has 0 aliphatic heterocycles. The summed E-state index contributed by atoms with van der Waals surface area (Å²) >= 11 is 6.01. The van der Waals surface area contributed by atoms with E-state index in [0.717, 1.165) is 10.2 Å². The highest BCUT2D eigenvalue weighted by molar-refractivity contribution is 6.31. The summed E-state index contributed by atoms with van der Waals surface area (Å²) in [5.74, 6) is -2.07. The highest BCUT2D eigenvalue weighted by atomic mass is 35.5. The van der Waals surface area contributed by atoms with Crippen LogP contribution in [-0.4, -0.2) is 46.1 Å². The molecule has 10 heteroatoms. The van der Waals surface area contributed by atoms with Crippen molar-refractivity contribution in [2.45, 2.75) is 40.2 Å². The third kappa shape index (κ3) is 5.11. The first kappa shape index (κ1) is 22.4. The van der Waals surface area contributed by atoms with Gasteiger partial charge in [-0.25, -0.2) is 14.3 Å². The van der Waals surface area contributed by atoms with Gasteiger partial charge in [-0.2, -0.15) is 0 Å². The van der Waals surface area contributed by atoms with Gasteiger partial charge < -0.3 is 14.8 Å². The second-order valence-corrected chi connectivity index (χ2v) is 6.48. The average molecular weight is 423 g/mol. The van der Waals surface area contributed by atoms with E-state index in [0.29, 0.717) is 10.7 Å². The van der Waals surface area contributed by atoms with Crippen LogP contribution >= 0.6 is 11.6 Å². The summed E-state index contributed by atoms with van der Waals surface area (Å²) in [6.45, 7) is 7.00. The van der Waals surface area contributed by atoms with Gasteiger partial charge >= 0.3 is 11.9 Å². The molecule has 0 saturated carbocycles. The predicted octanol–water partition coefficient (Wildman–Crippen LogP) is 3.18. The lowest BCUT2D eigenvalue weighted by Crippen LogP contribution is -2.30. The highest BCUT2D eigenvalue weighted by Crippen LogP contribution is 2.23. The summed E-state index contributed by atoms with van der Waals surface area (Å²) in [5, 5.41) is 10.9. The number of carbonyl (C=O) groups is 3. The summed E-state index contributed by atoms with van der Waals surface area (Å²) in [6.07, 6.45) is 0.281. The second kappa shape index (κ2) is 10.0. The molecular formula is C19H23ClN4O5. The van der Waals surface area contributed by atoms with E-state index in [1.165, 1.54) is 0 Å². The number of hydrogen-bond donors (Lipinski definition) is 1. The lowest BCUT2D eigenvalue weighted by atomic mass is 10.1. The van der Waals surface area contributed by atoms with E-state index in [4.69, 9.17) is 21.1 Å². The zero-order valence-corrected chi connectivity index (χ0v) is 17.4. The zero-order chi connectivity index (χ0) is 21.6. The lowest BCUT2D eigenvalue weighted by Gasteiger charge is -2.18. The molecule has 2 aromatic rings. The van der Waals surface area contributed by atoms with Crippen molar-refractivity contribution in [2.24, 2.45) is 0 Å². The van der Waals surface area contributed by atoms with Crippen molar-refractivity contribution < 1.29 is 23.9 Å². The molecule has 0 spiro atoms. The number of amides is 1. The Hall–Kier alpha value is -2.94. The molecule has 1 aromatic carbocycles. The molecule has 1 amide bonds. The minimum Gasteiger partial charge on any atom is -0.461 e. The van der Waals surface area contributed by atoms with Gasteiger partial charge in [0.1, 0.15) is 6.04 Å². The number of nitrogens with one attached hydrogen (secondary N) is 1. The van der Waals surface area contributed by atoms with Crippen molar-refractivity contribution in [3.8, 4) is 0 Å². The third-order valence-corrected chi connectivity index (χ3v) is 4.31. The Balaban J connectivity index is 2.43. The molecule has 9 nitrogen and oxygen atoms in total. The molecule has 0 aliphatic carbocycles. The van der Waals surface area contributed by atoms with Gasteiger partial charge in [0.05, 0.1) is 13.2 Å². The molecule has 1 heterocycles. The molecule has 1 unspecified atom stereocenters. The van der Waals surface area contributed by atoms with Crippen LogP contribution in [0.3, 0.4) is 0 Å². The maximum atomic E-state index is 12.9. The van der Waals surface area contributed by atoms with E-state index in [9.17, 15) is 14.4 Å². The summed E-state index contributed by atoms with van der Waals surface area (Å²) in [6, 6.07) is 4.20. The third-order valence-electron chi connectivity index (χ3n) is 4.07. The first-order valence-corrected chi connectivity index (χ1v) is 9.58. The van der Waals surface area contributed by atoms with Crippen LogP contribution in [0.1, 0.15) is 59.8 Å². The number of esters is 2. The molecule has 1 atom stereocenters. The molecule has 29 heavy (non-hydrogen) atoms. The van der Waals surface area contributed by atoms with E-state index in [1.807, 2.05) is 6.92 Å². The number of aryl methyl sites for hydroxylation is 1. The molecule has 0 radical (unpaired) electrons. The first-order chi connectivity index (χ1) is 13.8. The maximum Gasteiger partial charge on any atom is 0.361 e.